The SMILES string of the molecule is CCCCCCCCCCCCCCC[C@@H](O)[C@H](COC1OC(CO)C(O)C(O)C1O)N[C@@H](CCCCCCCCCCC1(C)CC=C2CC2C1)C(F)(F)F. The zero-order valence-corrected chi connectivity index (χ0v) is 34.5. The van der Waals surface area contributed by atoms with Crippen LogP contribution in [0.1, 0.15) is 187 Å². The minimum Gasteiger partial charge on any atom is -0.394 e. The predicted octanol–water partition coefficient (Wildman–Crippen LogP) is 9.18. The lowest BCUT2D eigenvalue weighted by Gasteiger charge is -2.40. The Bertz CT molecular complexity index is 1030. The Morgan fingerprint density at radius 2 is 1.31 bits per heavy atom. The molecule has 7 unspecified atom stereocenters. The van der Waals surface area contributed by atoms with Gasteiger partial charge in [0.1, 0.15) is 30.5 Å². The number of ether oxygens (including phenoxy) is 2. The van der Waals surface area contributed by atoms with Crippen molar-refractivity contribution < 1.29 is 48.2 Å². The van der Waals surface area contributed by atoms with Gasteiger partial charge in [-0.2, -0.15) is 13.2 Å². The maximum Gasteiger partial charge on any atom is 0.403 e. The van der Waals surface area contributed by atoms with Gasteiger partial charge in [0.05, 0.1) is 25.4 Å². The van der Waals surface area contributed by atoms with E-state index in [4.69, 9.17) is 9.47 Å². The molecule has 1 saturated carbocycles. The van der Waals surface area contributed by atoms with Gasteiger partial charge >= 0.3 is 6.18 Å². The van der Waals surface area contributed by atoms with Crippen LogP contribution in [-0.4, -0.2) is 93.8 Å². The Morgan fingerprint density at radius 1 is 0.782 bits per heavy atom. The van der Waals surface area contributed by atoms with E-state index in [0.29, 0.717) is 24.7 Å². The van der Waals surface area contributed by atoms with Crippen molar-refractivity contribution in [2.45, 2.75) is 242 Å². The Morgan fingerprint density at radius 3 is 1.84 bits per heavy atom. The first-order valence-electron chi connectivity index (χ1n) is 22.5. The lowest BCUT2D eigenvalue weighted by molar-refractivity contribution is -0.303. The molecule has 1 saturated heterocycles. The number of aliphatic hydroxyl groups is 5. The van der Waals surface area contributed by atoms with Gasteiger partial charge in [-0.15, -0.1) is 0 Å². The molecule has 3 rings (SSSR count). The Hall–Kier alpha value is -0.790. The molecule has 11 heteroatoms. The topological polar surface area (TPSA) is 132 Å². The standard InChI is InChI=1S/C44H80F3NO7/c1-3-4-5-6-7-8-9-10-11-12-15-18-21-24-36(50)35(32-54-42-41(53)40(52)39(51)37(31-49)55-42)48-38(44(45,46)47)25-22-19-16-13-14-17-20-23-27-43(2)28-26-33-29-34(33)30-43/h26,34-42,48-53H,3-25,27-32H2,1-2H3/t34?,35-,36+,37?,38-,39?,40?,41?,42?,43?/m0/s1. The summed E-state index contributed by atoms with van der Waals surface area (Å²) in [5.74, 6) is 0.862. The summed E-state index contributed by atoms with van der Waals surface area (Å²) in [6.45, 7) is 3.58. The van der Waals surface area contributed by atoms with E-state index in [1.54, 1.807) is 5.57 Å². The molecule has 2 fully saturated rings. The normalized spacial score (nSPS) is 28.4. The van der Waals surface area contributed by atoms with Crippen LogP contribution in [0.4, 0.5) is 13.2 Å². The molecule has 0 aromatic carbocycles. The summed E-state index contributed by atoms with van der Waals surface area (Å²) in [4.78, 5) is 0. The molecule has 0 aromatic heterocycles. The summed E-state index contributed by atoms with van der Waals surface area (Å²) < 4.78 is 54.1. The molecule has 0 bridgehead atoms. The molecule has 0 radical (unpaired) electrons. The van der Waals surface area contributed by atoms with Gasteiger partial charge in [0.2, 0.25) is 0 Å². The Balaban J connectivity index is 1.39. The fraction of sp³-hybridized carbons (Fsp3) is 0.955. The van der Waals surface area contributed by atoms with E-state index < -0.39 is 68.3 Å². The molecular formula is C44H80F3NO7. The van der Waals surface area contributed by atoms with Crippen molar-refractivity contribution in [3.8, 4) is 0 Å². The third-order valence-corrected chi connectivity index (χ3v) is 12.6. The van der Waals surface area contributed by atoms with Crippen LogP contribution in [0.2, 0.25) is 0 Å². The number of nitrogens with one attached hydrogen (secondary N) is 1. The molecule has 8 nitrogen and oxygen atoms in total. The van der Waals surface area contributed by atoms with Gasteiger partial charge in [0.25, 0.3) is 0 Å². The van der Waals surface area contributed by atoms with Crippen LogP contribution < -0.4 is 5.32 Å². The predicted molar refractivity (Wildman–Crippen MR) is 213 cm³/mol. The van der Waals surface area contributed by atoms with Crippen molar-refractivity contribution in [2.24, 2.45) is 11.3 Å². The van der Waals surface area contributed by atoms with Gasteiger partial charge in [-0.1, -0.05) is 160 Å². The van der Waals surface area contributed by atoms with Gasteiger partial charge in [0, 0.05) is 0 Å². The zero-order chi connectivity index (χ0) is 40.1. The van der Waals surface area contributed by atoms with E-state index in [2.05, 4.69) is 25.2 Å². The summed E-state index contributed by atoms with van der Waals surface area (Å²) in [5.41, 5.74) is 2.13. The third-order valence-electron chi connectivity index (χ3n) is 12.6. The summed E-state index contributed by atoms with van der Waals surface area (Å²) in [5, 5.41) is 54.1. The van der Waals surface area contributed by atoms with Crippen LogP contribution >= 0.6 is 0 Å². The highest BCUT2D eigenvalue weighted by atomic mass is 19.4. The van der Waals surface area contributed by atoms with E-state index in [0.717, 1.165) is 44.4 Å². The Labute approximate surface area is 331 Å². The van der Waals surface area contributed by atoms with Crippen LogP contribution in [0.5, 0.6) is 0 Å². The second-order valence-electron chi connectivity index (χ2n) is 17.8. The number of hydrogen-bond donors (Lipinski definition) is 6. The quantitative estimate of drug-likeness (QED) is 0.0294. The number of alkyl halides is 3. The largest absolute Gasteiger partial charge is 0.403 e. The Kier molecular flexibility index (Phi) is 23.3. The first kappa shape index (κ1) is 48.6. The first-order valence-corrected chi connectivity index (χ1v) is 22.5. The molecule has 0 amide bonds. The van der Waals surface area contributed by atoms with Crippen LogP contribution in [0, 0.1) is 11.3 Å². The number of halogens is 3. The minimum atomic E-state index is -4.54. The van der Waals surface area contributed by atoms with Crippen molar-refractivity contribution in [3.05, 3.63) is 11.6 Å². The second-order valence-corrected chi connectivity index (χ2v) is 17.8. The molecule has 55 heavy (non-hydrogen) atoms. The molecule has 6 N–H and O–H groups in total. The number of aliphatic hydroxyl groups excluding tert-OH is 5. The highest BCUT2D eigenvalue weighted by Crippen LogP contribution is 2.53. The van der Waals surface area contributed by atoms with E-state index in [1.807, 2.05) is 0 Å². The van der Waals surface area contributed by atoms with Gasteiger partial charge in [-0.3, -0.25) is 5.32 Å². The van der Waals surface area contributed by atoms with Crippen LogP contribution in [-0.2, 0) is 9.47 Å². The van der Waals surface area contributed by atoms with Gasteiger partial charge < -0.3 is 35.0 Å². The van der Waals surface area contributed by atoms with Crippen molar-refractivity contribution in [3.63, 3.8) is 0 Å². The molecule has 0 aromatic rings. The van der Waals surface area contributed by atoms with E-state index in [-0.39, 0.29) is 12.8 Å². The van der Waals surface area contributed by atoms with E-state index in [1.165, 1.54) is 103 Å². The highest BCUT2D eigenvalue weighted by Gasteiger charge is 2.45. The number of hydrogen-bond acceptors (Lipinski definition) is 8. The van der Waals surface area contributed by atoms with Gasteiger partial charge in [-0.25, -0.2) is 0 Å². The van der Waals surface area contributed by atoms with Crippen molar-refractivity contribution in [1.29, 1.82) is 0 Å². The average Bonchev–Trinajstić information content (AvgIpc) is 3.92. The van der Waals surface area contributed by atoms with Crippen molar-refractivity contribution in [1.82, 2.24) is 5.32 Å². The van der Waals surface area contributed by atoms with Gasteiger partial charge in [0.15, 0.2) is 6.29 Å². The maximum absolute atomic E-state index is 14.4. The van der Waals surface area contributed by atoms with Crippen molar-refractivity contribution >= 4 is 0 Å². The number of allylic oxidation sites excluding steroid dienone is 2. The molecule has 1 heterocycles. The fourth-order valence-corrected chi connectivity index (χ4v) is 8.75. The first-order chi connectivity index (χ1) is 26.4. The molecule has 0 spiro atoms. The minimum absolute atomic E-state index is 0.124. The van der Waals surface area contributed by atoms with Gasteiger partial charge in [-0.05, 0) is 49.9 Å². The summed E-state index contributed by atoms with van der Waals surface area (Å²) in [6.07, 6.45) is 17.3. The zero-order valence-electron chi connectivity index (χ0n) is 34.5. The van der Waals surface area contributed by atoms with Crippen LogP contribution in [0.3, 0.4) is 0 Å². The summed E-state index contributed by atoms with van der Waals surface area (Å²) in [7, 11) is 0. The molecule has 3 aliphatic rings. The smallest absolute Gasteiger partial charge is 0.394 e. The lowest BCUT2D eigenvalue weighted by Crippen LogP contribution is -2.60. The average molecular weight is 792 g/mol. The molecular weight excluding hydrogens is 711 g/mol. The molecule has 1 aliphatic heterocycles. The molecule has 2 aliphatic carbocycles. The number of rotatable bonds is 32. The maximum atomic E-state index is 14.4. The third kappa shape index (κ3) is 18.8. The molecule has 10 atom stereocenters. The number of fused-ring (bicyclic) bond motifs is 1. The fourth-order valence-electron chi connectivity index (χ4n) is 8.75. The van der Waals surface area contributed by atoms with E-state index in [9.17, 15) is 38.7 Å². The summed E-state index contributed by atoms with van der Waals surface area (Å²) >= 11 is 0. The van der Waals surface area contributed by atoms with Crippen molar-refractivity contribution in [2.75, 3.05) is 13.2 Å². The monoisotopic (exact) mass is 792 g/mol. The summed E-state index contributed by atoms with van der Waals surface area (Å²) in [6, 6.07) is -2.96. The van der Waals surface area contributed by atoms with E-state index >= 15 is 0 Å². The second kappa shape index (κ2) is 26.3. The number of unbranched alkanes of at least 4 members (excludes halogenated alkanes) is 19. The molecule has 324 valence electrons. The van der Waals surface area contributed by atoms with Crippen LogP contribution in [0.15, 0.2) is 11.6 Å². The van der Waals surface area contributed by atoms with Crippen LogP contribution in [0.25, 0.3) is 0 Å². The lowest BCUT2D eigenvalue weighted by atomic mass is 9.75. The highest BCUT2D eigenvalue weighted by molar-refractivity contribution is 5.27.